The van der Waals surface area contributed by atoms with Crippen LogP contribution in [0.2, 0.25) is 0 Å². The average molecular weight is 632 g/mol. The van der Waals surface area contributed by atoms with Crippen molar-refractivity contribution in [3.63, 3.8) is 0 Å². The fraction of sp³-hybridized carbons (Fsp3) is 0.600. The van der Waals surface area contributed by atoms with Crippen LogP contribution in [-0.4, -0.2) is 88.0 Å². The number of benzene rings is 1. The maximum absolute atomic E-state index is 13.0. The lowest BCUT2D eigenvalue weighted by Crippen LogP contribution is -2.71. The number of ether oxygens (including phenoxy) is 3. The zero-order chi connectivity index (χ0) is 32.5. The summed E-state index contributed by atoms with van der Waals surface area (Å²) in [7, 11) is 1.96. The Balaban J connectivity index is 0.000000877. The number of aryl methyl sites for hydroxylation is 1. The van der Waals surface area contributed by atoms with E-state index in [0.29, 0.717) is 24.3 Å². The van der Waals surface area contributed by atoms with Crippen LogP contribution in [0.3, 0.4) is 0 Å². The molecule has 3 aliphatic rings. The van der Waals surface area contributed by atoms with Gasteiger partial charge >= 0.3 is 24.1 Å². The highest BCUT2D eigenvalue weighted by atomic mass is 19.4. The molecular formula is C30H40F3NO10. The smallest absolute Gasteiger partial charge is 0.446 e. The number of carboxylic acids is 1. The minimum absolute atomic E-state index is 0. The number of hydrogen-bond donors (Lipinski definition) is 3. The number of hydrogen-bond acceptors (Lipinski definition) is 10. The molecule has 0 bridgehead atoms. The van der Waals surface area contributed by atoms with Crippen LogP contribution in [0.5, 0.6) is 5.75 Å². The normalized spacial score (nSPS) is 26.8. The molecule has 6 atom stereocenters. The summed E-state index contributed by atoms with van der Waals surface area (Å²) < 4.78 is 48.3. The summed E-state index contributed by atoms with van der Waals surface area (Å²) in [5.74, 6) is -2.93. The van der Waals surface area contributed by atoms with Crippen LogP contribution in [0.1, 0.15) is 64.2 Å². The number of nitrogens with zero attached hydrogens (tertiary/aromatic N) is 1. The van der Waals surface area contributed by atoms with Gasteiger partial charge in [-0.3, -0.25) is 14.4 Å². The van der Waals surface area contributed by atoms with Crippen LogP contribution in [0.4, 0.5) is 13.2 Å². The summed E-state index contributed by atoms with van der Waals surface area (Å²) >= 11 is 0. The van der Waals surface area contributed by atoms with E-state index in [9.17, 15) is 37.8 Å². The molecule has 1 spiro atoms. The number of alkyl halides is 3. The molecule has 14 heteroatoms. The molecule has 1 aromatic rings. The van der Waals surface area contributed by atoms with Crippen LogP contribution < -0.4 is 4.74 Å². The Morgan fingerprint density at radius 2 is 1.86 bits per heavy atom. The Bertz CT molecular complexity index is 1300. The molecule has 44 heavy (non-hydrogen) atoms. The molecule has 3 N–H and O–H groups in total. The molecular weight excluding hydrogens is 591 g/mol. The van der Waals surface area contributed by atoms with Gasteiger partial charge in [0.2, 0.25) is 6.29 Å². The number of rotatable bonds is 7. The highest BCUT2D eigenvalue weighted by Gasteiger charge is 2.69. The number of esters is 2. The Kier molecular flexibility index (Phi) is 11.4. The van der Waals surface area contributed by atoms with Crippen LogP contribution >= 0.6 is 0 Å². The molecule has 1 saturated heterocycles. The van der Waals surface area contributed by atoms with Crippen molar-refractivity contribution in [3.8, 4) is 5.75 Å². The fourth-order valence-electron chi connectivity index (χ4n) is 6.04. The van der Waals surface area contributed by atoms with E-state index < -0.39 is 59.5 Å². The highest BCUT2D eigenvalue weighted by molar-refractivity contribution is 5.82. The Morgan fingerprint density at radius 1 is 1.25 bits per heavy atom. The second-order valence-electron chi connectivity index (χ2n) is 11.2. The second kappa shape index (κ2) is 13.7. The predicted molar refractivity (Wildman–Crippen MR) is 149 cm³/mol. The van der Waals surface area contributed by atoms with Crippen molar-refractivity contribution in [2.75, 3.05) is 13.6 Å². The molecule has 1 fully saturated rings. The second-order valence-corrected chi connectivity index (χ2v) is 11.2. The van der Waals surface area contributed by atoms with Crippen molar-refractivity contribution in [2.45, 2.75) is 96.4 Å². The van der Waals surface area contributed by atoms with E-state index in [1.165, 1.54) is 13.8 Å². The topological polar surface area (TPSA) is 160 Å². The van der Waals surface area contributed by atoms with Gasteiger partial charge in [0, 0.05) is 23.6 Å². The number of fused-ring (bicyclic) bond motifs is 1. The molecule has 0 radical (unpaired) electrons. The van der Waals surface area contributed by atoms with E-state index in [2.05, 4.69) is 4.90 Å². The van der Waals surface area contributed by atoms with E-state index in [0.717, 1.165) is 11.1 Å². The molecule has 0 amide bonds. The summed E-state index contributed by atoms with van der Waals surface area (Å²) in [6.45, 7) is 7.08. The van der Waals surface area contributed by atoms with E-state index in [1.54, 1.807) is 12.1 Å². The van der Waals surface area contributed by atoms with E-state index in [4.69, 9.17) is 24.1 Å². The van der Waals surface area contributed by atoms with Gasteiger partial charge in [-0.05, 0) is 52.4 Å². The number of carbonyl (C=O) groups is 4. The van der Waals surface area contributed by atoms with Crippen molar-refractivity contribution < 1.29 is 61.9 Å². The Morgan fingerprint density at radius 3 is 2.41 bits per heavy atom. The summed E-state index contributed by atoms with van der Waals surface area (Å²) in [5.41, 5.74) is 0.196. The molecule has 0 aromatic heterocycles. The molecule has 1 aliphatic carbocycles. The summed E-state index contributed by atoms with van der Waals surface area (Å²) in [5, 5.41) is 31.2. The molecule has 2 aliphatic heterocycles. The maximum Gasteiger partial charge on any atom is 0.446 e. The van der Waals surface area contributed by atoms with Gasteiger partial charge in [-0.25, -0.2) is 4.79 Å². The Hall–Kier alpha value is -3.49. The standard InChI is InChI=1S/C27H35NO9.C2HF3O.CH4/c1-14-6-7-18(13-29)22-21(14)26-10-11-28(5)17(4)27(26,34)9-8-19(23(26)37-22)36-25(33)15(2)12-20(30)35-16(3)24(31)32;3-2(4,5)1-6;/h6-8,15-17,23,29,34H,9-13H2,1-5H3,(H,31,32);1H;1H4/t15-,16-,17+,23-,26-,27+;;/m0../s1. The zero-order valence-corrected chi connectivity index (χ0v) is 24.4. The number of aldehydes is 1. The van der Waals surface area contributed by atoms with Gasteiger partial charge in [0.1, 0.15) is 11.5 Å². The molecule has 246 valence electrons. The summed E-state index contributed by atoms with van der Waals surface area (Å²) in [6, 6.07) is 3.47. The van der Waals surface area contributed by atoms with Crippen LogP contribution in [-0.2, 0) is 40.7 Å². The summed E-state index contributed by atoms with van der Waals surface area (Å²) in [4.78, 5) is 46.9. The van der Waals surface area contributed by atoms with E-state index in [-0.39, 0.29) is 38.7 Å². The summed E-state index contributed by atoms with van der Waals surface area (Å²) in [6.07, 6.45) is -5.74. The van der Waals surface area contributed by atoms with Gasteiger partial charge in [-0.2, -0.15) is 13.2 Å². The van der Waals surface area contributed by atoms with Crippen LogP contribution in [0.25, 0.3) is 0 Å². The van der Waals surface area contributed by atoms with Crippen LogP contribution in [0.15, 0.2) is 24.0 Å². The molecule has 2 heterocycles. The van der Waals surface area contributed by atoms with Gasteiger partial charge < -0.3 is 34.4 Å². The third-order valence-electron chi connectivity index (χ3n) is 8.49. The first-order valence-corrected chi connectivity index (χ1v) is 13.6. The quantitative estimate of drug-likeness (QED) is 0.300. The highest BCUT2D eigenvalue weighted by Crippen LogP contribution is 2.61. The van der Waals surface area contributed by atoms with Crippen molar-refractivity contribution in [1.29, 1.82) is 0 Å². The van der Waals surface area contributed by atoms with Crippen molar-refractivity contribution in [3.05, 3.63) is 40.7 Å². The van der Waals surface area contributed by atoms with Gasteiger partial charge in [0.15, 0.2) is 12.2 Å². The number of halogens is 3. The molecule has 1 aromatic carbocycles. The SMILES string of the molecule is C.Cc1ccc(CO)c2c1[C@]13CCN(C)[C@H](C)[C@]1(O)CC=C(OC(=O)[C@@H](C)CC(=O)O[C@@H](C)C(=O)O)[C@@H]3O2.O=CC(F)(F)F. The largest absolute Gasteiger partial charge is 0.481 e. The third-order valence-corrected chi connectivity index (χ3v) is 8.49. The number of carbonyl (C=O) groups excluding carboxylic acids is 3. The maximum atomic E-state index is 13.0. The minimum Gasteiger partial charge on any atom is -0.481 e. The lowest BCUT2D eigenvalue weighted by Gasteiger charge is -2.58. The van der Waals surface area contributed by atoms with Gasteiger partial charge in [-0.15, -0.1) is 0 Å². The minimum atomic E-state index is -4.64. The van der Waals surface area contributed by atoms with Crippen molar-refractivity contribution >= 4 is 24.2 Å². The fourth-order valence-corrected chi connectivity index (χ4v) is 6.04. The molecule has 0 saturated carbocycles. The first-order chi connectivity index (χ1) is 19.9. The van der Waals surface area contributed by atoms with Gasteiger partial charge in [0.25, 0.3) is 0 Å². The number of piperidine rings is 1. The number of likely N-dealkylation sites (tertiary alicyclic amines) is 1. The lowest BCUT2D eigenvalue weighted by molar-refractivity contribution is -0.167. The molecule has 0 unspecified atom stereocenters. The zero-order valence-electron chi connectivity index (χ0n) is 24.4. The van der Waals surface area contributed by atoms with Crippen molar-refractivity contribution in [1.82, 2.24) is 4.90 Å². The third kappa shape index (κ3) is 6.76. The van der Waals surface area contributed by atoms with E-state index >= 15 is 0 Å². The van der Waals surface area contributed by atoms with Gasteiger partial charge in [-0.1, -0.05) is 26.5 Å². The Labute approximate surface area is 253 Å². The number of aliphatic hydroxyl groups excluding tert-OH is 1. The number of likely N-dealkylation sites (N-methyl/N-ethyl adjacent to an activating group) is 1. The van der Waals surface area contributed by atoms with Crippen LogP contribution in [0, 0.1) is 12.8 Å². The number of aliphatic carboxylic acids is 1. The number of carboxylic acid groups (broad SMARTS) is 1. The first kappa shape index (κ1) is 36.7. The van der Waals surface area contributed by atoms with Gasteiger partial charge in [0.05, 0.1) is 30.0 Å². The first-order valence-electron chi connectivity index (χ1n) is 13.6. The lowest BCUT2D eigenvalue weighted by atomic mass is 9.54. The average Bonchev–Trinajstić information content (AvgIpc) is 3.30. The molecule has 4 rings (SSSR count). The predicted octanol–water partition coefficient (Wildman–Crippen LogP) is 3.20. The molecule has 11 nitrogen and oxygen atoms in total. The van der Waals surface area contributed by atoms with Crippen molar-refractivity contribution in [2.24, 2.45) is 5.92 Å². The van der Waals surface area contributed by atoms with E-state index in [1.807, 2.05) is 27.0 Å². The monoisotopic (exact) mass is 631 g/mol. The number of aliphatic hydroxyl groups is 2.